The first kappa shape index (κ1) is 15.7. The van der Waals surface area contributed by atoms with Crippen LogP contribution in [0.5, 0.6) is 0 Å². The van der Waals surface area contributed by atoms with E-state index >= 15 is 0 Å². The van der Waals surface area contributed by atoms with Gasteiger partial charge in [0.1, 0.15) is 6.10 Å². The van der Waals surface area contributed by atoms with Crippen LogP contribution in [0, 0.1) is 0 Å². The number of carbonyl (C=O) groups excluding carboxylic acids is 1. The van der Waals surface area contributed by atoms with Gasteiger partial charge in [-0.05, 0) is 13.3 Å². The van der Waals surface area contributed by atoms with E-state index in [1.807, 2.05) is 6.92 Å². The molecule has 0 radical (unpaired) electrons. The van der Waals surface area contributed by atoms with Gasteiger partial charge in [-0.1, -0.05) is 25.1 Å². The van der Waals surface area contributed by atoms with E-state index in [2.05, 4.69) is 12.0 Å². The molecule has 1 heterocycles. The maximum absolute atomic E-state index is 10.8. The fourth-order valence-electron chi connectivity index (χ4n) is 1.27. The summed E-state index contributed by atoms with van der Waals surface area (Å²) >= 11 is 3.26. The van der Waals surface area contributed by atoms with Crippen molar-refractivity contribution in [2.24, 2.45) is 5.10 Å². The molecule has 0 aromatic carbocycles. The molecule has 2 unspecified atom stereocenters. The fourth-order valence-corrected chi connectivity index (χ4v) is 3.18. The monoisotopic (exact) mass is 292 g/mol. The number of ether oxygens (including phenoxy) is 1. The van der Waals surface area contributed by atoms with Crippen LogP contribution in [0.1, 0.15) is 33.6 Å². The molecule has 1 aliphatic heterocycles. The number of esters is 1. The van der Waals surface area contributed by atoms with E-state index in [0.717, 1.165) is 18.6 Å². The van der Waals surface area contributed by atoms with Gasteiger partial charge in [0.25, 0.3) is 0 Å². The molecule has 0 N–H and O–H groups in total. The van der Waals surface area contributed by atoms with Gasteiger partial charge in [0, 0.05) is 12.7 Å². The zero-order valence-electron chi connectivity index (χ0n) is 11.0. The summed E-state index contributed by atoms with van der Waals surface area (Å²) < 4.78 is 5.19. The van der Waals surface area contributed by atoms with Crippen molar-refractivity contribution in [2.45, 2.75) is 44.4 Å². The van der Waals surface area contributed by atoms with E-state index in [-0.39, 0.29) is 16.8 Å². The summed E-state index contributed by atoms with van der Waals surface area (Å²) in [6.07, 6.45) is 2.04. The van der Waals surface area contributed by atoms with E-state index in [9.17, 15) is 4.79 Å². The van der Waals surface area contributed by atoms with Crippen LogP contribution in [0.15, 0.2) is 5.10 Å². The van der Waals surface area contributed by atoms with E-state index in [1.54, 1.807) is 34.2 Å². The number of hydroxylamine groups is 1. The molecule has 1 rings (SSSR count). The minimum Gasteiger partial charge on any atom is -0.462 e. The molecule has 0 saturated carbocycles. The lowest BCUT2D eigenvalue weighted by atomic mass is 10.4. The molecule has 1 aliphatic rings. The highest BCUT2D eigenvalue weighted by molar-refractivity contribution is 8.24. The number of nitrogens with zero attached hydrogens (tertiary/aromatic N) is 2. The van der Waals surface area contributed by atoms with E-state index < -0.39 is 0 Å². The number of hydrogen-bond acceptors (Lipinski definition) is 7. The van der Waals surface area contributed by atoms with Gasteiger partial charge in [-0.25, -0.2) is 0 Å². The predicted molar refractivity (Wildman–Crippen MR) is 76.3 cm³/mol. The molecule has 0 fully saturated rings. The Morgan fingerprint density at radius 2 is 2.44 bits per heavy atom. The fraction of sp³-hybridized carbons (Fsp3) is 0.818. The van der Waals surface area contributed by atoms with Crippen molar-refractivity contribution in [1.82, 2.24) is 5.17 Å². The summed E-state index contributed by atoms with van der Waals surface area (Å²) in [5, 5.41) is 5.78. The Kier molecular flexibility index (Phi) is 7.53. The lowest BCUT2D eigenvalue weighted by molar-refractivity contribution is -0.150. The SMILES string of the molecule is CCCCON1N=CSC1SCC(C)OC(C)=O. The molecule has 0 aromatic heterocycles. The molecule has 0 spiro atoms. The third-order valence-electron chi connectivity index (χ3n) is 2.08. The molecule has 0 aliphatic carbocycles. The second kappa shape index (κ2) is 8.66. The summed E-state index contributed by atoms with van der Waals surface area (Å²) in [6, 6.07) is 0. The number of hydrogen-bond donors (Lipinski definition) is 0. The number of thioether (sulfide) groups is 2. The first-order valence-corrected chi connectivity index (χ1v) is 8.01. The van der Waals surface area contributed by atoms with Crippen molar-refractivity contribution >= 4 is 35.0 Å². The number of carbonyl (C=O) groups is 1. The van der Waals surface area contributed by atoms with Crippen LogP contribution in [0.3, 0.4) is 0 Å². The molecule has 7 heteroatoms. The smallest absolute Gasteiger partial charge is 0.302 e. The van der Waals surface area contributed by atoms with Crippen molar-refractivity contribution in [3.63, 3.8) is 0 Å². The molecule has 5 nitrogen and oxygen atoms in total. The summed E-state index contributed by atoms with van der Waals surface area (Å²) in [7, 11) is 0. The van der Waals surface area contributed by atoms with Gasteiger partial charge < -0.3 is 4.74 Å². The molecule has 0 amide bonds. The number of unbranched alkanes of at least 4 members (excludes halogenated alkanes) is 1. The van der Waals surface area contributed by atoms with Gasteiger partial charge in [0.15, 0.2) is 4.71 Å². The van der Waals surface area contributed by atoms with Crippen molar-refractivity contribution in [3.05, 3.63) is 0 Å². The first-order valence-electron chi connectivity index (χ1n) is 6.02. The molecule has 0 aromatic rings. The summed E-state index contributed by atoms with van der Waals surface area (Å²) in [4.78, 5) is 16.3. The third-order valence-corrected chi connectivity index (χ3v) is 4.58. The zero-order chi connectivity index (χ0) is 13.4. The quantitative estimate of drug-likeness (QED) is 0.506. The minimum absolute atomic E-state index is 0.0915. The Labute approximate surface area is 117 Å². The van der Waals surface area contributed by atoms with Crippen LogP contribution in [0.25, 0.3) is 0 Å². The van der Waals surface area contributed by atoms with Crippen LogP contribution in [0.4, 0.5) is 0 Å². The molecule has 18 heavy (non-hydrogen) atoms. The van der Waals surface area contributed by atoms with Crippen LogP contribution in [0.2, 0.25) is 0 Å². The zero-order valence-corrected chi connectivity index (χ0v) is 12.6. The van der Waals surface area contributed by atoms with Gasteiger partial charge in [-0.2, -0.15) is 5.10 Å². The second-order valence-corrected chi connectivity index (χ2v) is 6.25. The number of hydrazone groups is 1. The maximum Gasteiger partial charge on any atom is 0.302 e. The highest BCUT2D eigenvalue weighted by atomic mass is 32.2. The Balaban J connectivity index is 2.22. The highest BCUT2D eigenvalue weighted by Gasteiger charge is 2.24. The van der Waals surface area contributed by atoms with Gasteiger partial charge in [-0.15, -0.1) is 16.9 Å². The van der Waals surface area contributed by atoms with E-state index in [4.69, 9.17) is 9.57 Å². The Morgan fingerprint density at radius 1 is 1.67 bits per heavy atom. The summed E-state index contributed by atoms with van der Waals surface area (Å²) in [5.74, 6) is 0.489. The second-order valence-electron chi connectivity index (χ2n) is 3.91. The van der Waals surface area contributed by atoms with Crippen LogP contribution in [-0.4, -0.2) is 39.9 Å². The molecular formula is C11H20N2O3S2. The van der Waals surface area contributed by atoms with E-state index in [0.29, 0.717) is 6.61 Å². The van der Waals surface area contributed by atoms with Crippen molar-refractivity contribution < 1.29 is 14.4 Å². The molecular weight excluding hydrogens is 272 g/mol. The molecule has 0 bridgehead atoms. The molecule has 104 valence electrons. The highest BCUT2D eigenvalue weighted by Crippen LogP contribution is 2.31. The average molecular weight is 292 g/mol. The first-order chi connectivity index (χ1) is 8.63. The van der Waals surface area contributed by atoms with Crippen LogP contribution in [-0.2, 0) is 14.4 Å². The lowest BCUT2D eigenvalue weighted by Crippen LogP contribution is -2.25. The Bertz CT molecular complexity index is 289. The summed E-state index contributed by atoms with van der Waals surface area (Å²) in [5.41, 5.74) is 1.78. The van der Waals surface area contributed by atoms with Gasteiger partial charge in [0.2, 0.25) is 0 Å². The predicted octanol–water partition coefficient (Wildman–Crippen LogP) is 2.68. The van der Waals surface area contributed by atoms with E-state index in [1.165, 1.54) is 6.92 Å². The topological polar surface area (TPSA) is 51.1 Å². The maximum atomic E-state index is 10.8. The average Bonchev–Trinajstić information content (AvgIpc) is 2.73. The largest absolute Gasteiger partial charge is 0.462 e. The standard InChI is InChI=1S/C11H20N2O3S2/c1-4-5-6-15-13-11(18-8-12-13)17-7-9(2)16-10(3)14/h8-9,11H,4-7H2,1-3H3. The third kappa shape index (κ3) is 5.97. The van der Waals surface area contributed by atoms with Gasteiger partial charge >= 0.3 is 5.97 Å². The van der Waals surface area contributed by atoms with Crippen LogP contribution < -0.4 is 0 Å². The van der Waals surface area contributed by atoms with Gasteiger partial charge in [0.05, 0.1) is 12.2 Å². The Morgan fingerprint density at radius 3 is 3.11 bits per heavy atom. The van der Waals surface area contributed by atoms with Crippen LogP contribution >= 0.6 is 23.5 Å². The summed E-state index contributed by atoms with van der Waals surface area (Å²) in [6.45, 7) is 6.12. The molecule has 0 saturated heterocycles. The van der Waals surface area contributed by atoms with Crippen molar-refractivity contribution in [2.75, 3.05) is 12.4 Å². The van der Waals surface area contributed by atoms with Crippen molar-refractivity contribution in [1.29, 1.82) is 0 Å². The Hall–Kier alpha value is -0.400. The van der Waals surface area contributed by atoms with Gasteiger partial charge in [-0.3, -0.25) is 9.63 Å². The normalized spacial score (nSPS) is 20.2. The number of rotatable bonds is 8. The minimum atomic E-state index is -0.241. The molecule has 2 atom stereocenters. The van der Waals surface area contributed by atoms with Crippen molar-refractivity contribution in [3.8, 4) is 0 Å². The lowest BCUT2D eigenvalue weighted by Gasteiger charge is -2.22.